The van der Waals surface area contributed by atoms with Crippen LogP contribution in [0.4, 0.5) is 5.69 Å². The summed E-state index contributed by atoms with van der Waals surface area (Å²) in [6.45, 7) is 2.37. The zero-order valence-corrected chi connectivity index (χ0v) is 10.0. The first-order valence-electron chi connectivity index (χ1n) is 5.40. The van der Waals surface area contributed by atoms with Crippen LogP contribution in [0, 0.1) is 6.92 Å². The number of hydrogen-bond donors (Lipinski definition) is 3. The number of amides is 2. The minimum absolute atomic E-state index is 0.146. The van der Waals surface area contributed by atoms with E-state index >= 15 is 0 Å². The van der Waals surface area contributed by atoms with Crippen LogP contribution in [0.25, 0.3) is 0 Å². The van der Waals surface area contributed by atoms with Gasteiger partial charge in [0.2, 0.25) is 5.91 Å². The predicted molar refractivity (Wildman–Crippen MR) is 66.9 cm³/mol. The van der Waals surface area contributed by atoms with Gasteiger partial charge in [0.15, 0.2) is 0 Å². The van der Waals surface area contributed by atoms with E-state index < -0.39 is 5.91 Å². The summed E-state index contributed by atoms with van der Waals surface area (Å²) in [5, 5.41) is 5.57. The summed E-state index contributed by atoms with van der Waals surface area (Å²) >= 11 is 0. The molecule has 92 valence electrons. The molecular formula is C12H17N3O2. The number of rotatable bonds is 5. The van der Waals surface area contributed by atoms with Gasteiger partial charge in [-0.15, -0.1) is 0 Å². The highest BCUT2D eigenvalue weighted by Gasteiger charge is 2.12. The molecule has 0 aliphatic rings. The van der Waals surface area contributed by atoms with Crippen LogP contribution < -0.4 is 16.4 Å². The molecule has 0 radical (unpaired) electrons. The highest BCUT2D eigenvalue weighted by Crippen LogP contribution is 2.18. The largest absolute Gasteiger partial charge is 0.366 e. The predicted octanol–water partition coefficient (Wildman–Crippen LogP) is 0.642. The molecule has 1 rings (SSSR count). The summed E-state index contributed by atoms with van der Waals surface area (Å²) in [7, 11) is 1.77. The summed E-state index contributed by atoms with van der Waals surface area (Å²) in [6.07, 6.45) is 0.350. The van der Waals surface area contributed by atoms with E-state index in [1.807, 2.05) is 0 Å². The average molecular weight is 235 g/mol. The third-order valence-electron chi connectivity index (χ3n) is 2.40. The van der Waals surface area contributed by atoms with Crippen LogP contribution >= 0.6 is 0 Å². The lowest BCUT2D eigenvalue weighted by Gasteiger charge is -2.10. The number of aryl methyl sites for hydroxylation is 1. The molecule has 1 aromatic carbocycles. The van der Waals surface area contributed by atoms with Gasteiger partial charge in [0.1, 0.15) is 0 Å². The third kappa shape index (κ3) is 3.57. The van der Waals surface area contributed by atoms with Crippen LogP contribution in [-0.2, 0) is 4.79 Å². The summed E-state index contributed by atoms with van der Waals surface area (Å²) in [5.74, 6) is -0.681. The van der Waals surface area contributed by atoms with E-state index in [1.165, 1.54) is 0 Å². The van der Waals surface area contributed by atoms with Crippen LogP contribution in [0.5, 0.6) is 0 Å². The Labute approximate surface area is 100 Å². The van der Waals surface area contributed by atoms with E-state index in [4.69, 9.17) is 5.73 Å². The summed E-state index contributed by atoms with van der Waals surface area (Å²) in [4.78, 5) is 22.9. The van der Waals surface area contributed by atoms with Crippen molar-refractivity contribution < 1.29 is 9.59 Å². The van der Waals surface area contributed by atoms with Gasteiger partial charge in [-0.25, -0.2) is 0 Å². The Balaban J connectivity index is 2.87. The van der Waals surface area contributed by atoms with Crippen LogP contribution in [0.3, 0.4) is 0 Å². The normalized spacial score (nSPS) is 10.0. The molecule has 0 aromatic heterocycles. The monoisotopic (exact) mass is 235 g/mol. The highest BCUT2D eigenvalue weighted by molar-refractivity contribution is 6.04. The molecule has 0 aliphatic carbocycles. The van der Waals surface area contributed by atoms with Gasteiger partial charge in [-0.2, -0.15) is 0 Å². The fourth-order valence-corrected chi connectivity index (χ4v) is 1.55. The Morgan fingerprint density at radius 2 is 2.06 bits per heavy atom. The number of nitrogens with two attached hydrogens (primary N) is 1. The maximum atomic E-state index is 11.6. The molecule has 0 saturated carbocycles. The van der Waals surface area contributed by atoms with E-state index in [-0.39, 0.29) is 5.91 Å². The number of primary amides is 1. The standard InChI is InChI=1S/C12H17N3O2/c1-8-4-3-5-9(11(8)12(13)17)15-10(16)6-7-14-2/h3-5,14H,6-7H2,1-2H3,(H2,13,17)(H,15,16). The number of carbonyl (C=O) groups is 2. The maximum absolute atomic E-state index is 11.6. The van der Waals surface area contributed by atoms with Crippen molar-refractivity contribution in [1.82, 2.24) is 5.32 Å². The van der Waals surface area contributed by atoms with Gasteiger partial charge in [-0.05, 0) is 25.6 Å². The number of nitrogens with one attached hydrogen (secondary N) is 2. The molecule has 0 atom stereocenters. The van der Waals surface area contributed by atoms with Crippen molar-refractivity contribution in [2.75, 3.05) is 18.9 Å². The molecular weight excluding hydrogens is 218 g/mol. The van der Waals surface area contributed by atoms with Crippen molar-refractivity contribution in [3.05, 3.63) is 29.3 Å². The van der Waals surface area contributed by atoms with Crippen LogP contribution in [0.2, 0.25) is 0 Å². The molecule has 0 saturated heterocycles. The lowest BCUT2D eigenvalue weighted by molar-refractivity contribution is -0.116. The Kier molecular flexibility index (Phi) is 4.66. The highest BCUT2D eigenvalue weighted by atomic mass is 16.2. The van der Waals surface area contributed by atoms with E-state index in [2.05, 4.69) is 10.6 Å². The smallest absolute Gasteiger partial charge is 0.251 e. The SMILES string of the molecule is CNCCC(=O)Nc1cccc(C)c1C(N)=O. The van der Waals surface area contributed by atoms with Crippen molar-refractivity contribution in [2.24, 2.45) is 5.73 Å². The van der Waals surface area contributed by atoms with Gasteiger partial charge in [0.05, 0.1) is 11.3 Å². The Hall–Kier alpha value is -1.88. The minimum atomic E-state index is -0.535. The number of anilines is 1. The summed E-state index contributed by atoms with van der Waals surface area (Å²) in [6, 6.07) is 5.23. The van der Waals surface area contributed by atoms with E-state index in [0.29, 0.717) is 24.2 Å². The van der Waals surface area contributed by atoms with Gasteiger partial charge >= 0.3 is 0 Å². The van der Waals surface area contributed by atoms with E-state index in [9.17, 15) is 9.59 Å². The van der Waals surface area contributed by atoms with Crippen molar-refractivity contribution in [2.45, 2.75) is 13.3 Å². The van der Waals surface area contributed by atoms with Crippen molar-refractivity contribution in [1.29, 1.82) is 0 Å². The first-order valence-corrected chi connectivity index (χ1v) is 5.40. The molecule has 0 spiro atoms. The van der Waals surface area contributed by atoms with E-state index in [0.717, 1.165) is 5.56 Å². The average Bonchev–Trinajstić information content (AvgIpc) is 2.25. The first-order chi connectivity index (χ1) is 8.06. The van der Waals surface area contributed by atoms with E-state index in [1.54, 1.807) is 32.2 Å². The van der Waals surface area contributed by atoms with Gasteiger partial charge in [0, 0.05) is 13.0 Å². The summed E-state index contributed by atoms with van der Waals surface area (Å²) < 4.78 is 0. The number of hydrogen-bond acceptors (Lipinski definition) is 3. The molecule has 17 heavy (non-hydrogen) atoms. The van der Waals surface area contributed by atoms with Crippen LogP contribution in [0.1, 0.15) is 22.3 Å². The van der Waals surface area contributed by atoms with Gasteiger partial charge in [-0.3, -0.25) is 9.59 Å². The molecule has 5 nitrogen and oxygen atoms in total. The second-order valence-electron chi connectivity index (χ2n) is 3.76. The molecule has 0 aliphatic heterocycles. The second kappa shape index (κ2) is 6.00. The molecule has 0 fully saturated rings. The number of carbonyl (C=O) groups excluding carboxylic acids is 2. The molecule has 4 N–H and O–H groups in total. The Morgan fingerprint density at radius 3 is 2.65 bits per heavy atom. The molecule has 0 bridgehead atoms. The fraction of sp³-hybridized carbons (Fsp3) is 0.333. The Morgan fingerprint density at radius 1 is 1.35 bits per heavy atom. The lowest BCUT2D eigenvalue weighted by Crippen LogP contribution is -2.22. The topological polar surface area (TPSA) is 84.2 Å². The molecule has 0 heterocycles. The van der Waals surface area contributed by atoms with Crippen LogP contribution in [0.15, 0.2) is 18.2 Å². The summed E-state index contributed by atoms with van der Waals surface area (Å²) in [5.41, 5.74) is 6.88. The van der Waals surface area contributed by atoms with Crippen LogP contribution in [-0.4, -0.2) is 25.4 Å². The molecule has 5 heteroatoms. The fourth-order valence-electron chi connectivity index (χ4n) is 1.55. The van der Waals surface area contributed by atoms with Crippen molar-refractivity contribution in [3.63, 3.8) is 0 Å². The number of benzene rings is 1. The quantitative estimate of drug-likeness (QED) is 0.700. The minimum Gasteiger partial charge on any atom is -0.366 e. The Bertz CT molecular complexity index is 430. The molecule has 0 unspecified atom stereocenters. The lowest BCUT2D eigenvalue weighted by atomic mass is 10.1. The third-order valence-corrected chi connectivity index (χ3v) is 2.40. The molecule has 1 aromatic rings. The second-order valence-corrected chi connectivity index (χ2v) is 3.76. The van der Waals surface area contributed by atoms with Gasteiger partial charge < -0.3 is 16.4 Å². The zero-order valence-electron chi connectivity index (χ0n) is 10.0. The van der Waals surface area contributed by atoms with Crippen molar-refractivity contribution in [3.8, 4) is 0 Å². The maximum Gasteiger partial charge on any atom is 0.251 e. The van der Waals surface area contributed by atoms with Gasteiger partial charge in [0.25, 0.3) is 5.91 Å². The van der Waals surface area contributed by atoms with Gasteiger partial charge in [-0.1, -0.05) is 12.1 Å². The zero-order chi connectivity index (χ0) is 12.8. The van der Waals surface area contributed by atoms with Crippen molar-refractivity contribution >= 4 is 17.5 Å². The molecule has 2 amide bonds. The first kappa shape index (κ1) is 13.2.